The van der Waals surface area contributed by atoms with Gasteiger partial charge in [-0.1, -0.05) is 15.9 Å². The van der Waals surface area contributed by atoms with E-state index in [0.29, 0.717) is 30.9 Å². The molecule has 1 aliphatic rings. The number of halogens is 1. The highest BCUT2D eigenvalue weighted by molar-refractivity contribution is 9.09. The van der Waals surface area contributed by atoms with E-state index in [4.69, 9.17) is 14.0 Å². The lowest BCUT2D eigenvalue weighted by Gasteiger charge is -2.41. The number of aliphatic hydroxyl groups is 1. The van der Waals surface area contributed by atoms with Crippen molar-refractivity contribution in [2.45, 2.75) is 32.4 Å². The van der Waals surface area contributed by atoms with Crippen LogP contribution in [0.25, 0.3) is 0 Å². The van der Waals surface area contributed by atoms with Crippen LogP contribution in [0, 0.1) is 0 Å². The molecule has 120 valence electrons. The van der Waals surface area contributed by atoms with Gasteiger partial charge in [-0.05, 0) is 13.8 Å². The molecule has 6 nitrogen and oxygen atoms in total. The molecule has 1 aliphatic heterocycles. The Kier molecular flexibility index (Phi) is 7.93. The van der Waals surface area contributed by atoms with Crippen LogP contribution in [0.4, 0.5) is 0 Å². The van der Waals surface area contributed by atoms with Crippen LogP contribution < -0.4 is 0 Å². The first-order chi connectivity index (χ1) is 9.43. The van der Waals surface area contributed by atoms with Gasteiger partial charge >= 0.3 is 0 Å². The van der Waals surface area contributed by atoms with E-state index in [0.717, 1.165) is 0 Å². The Balaban J connectivity index is 2.79. The highest BCUT2D eigenvalue weighted by Crippen LogP contribution is 2.91. The maximum Gasteiger partial charge on any atom is 0.261 e. The molecule has 0 saturated carbocycles. The van der Waals surface area contributed by atoms with E-state index in [1.54, 1.807) is 13.8 Å². The molecule has 4 atom stereocenters. The van der Waals surface area contributed by atoms with Gasteiger partial charge in [0.25, 0.3) is 7.06 Å². The molecule has 0 aliphatic carbocycles. The summed E-state index contributed by atoms with van der Waals surface area (Å²) < 4.78 is 41.5. The molecule has 0 aromatic carbocycles. The Hall–Kier alpha value is 0.780. The van der Waals surface area contributed by atoms with Crippen LogP contribution in [-0.4, -0.2) is 54.7 Å². The second kappa shape index (κ2) is 8.42. The van der Waals surface area contributed by atoms with Crippen LogP contribution in [0.2, 0.25) is 0 Å². The number of alkyl halides is 1. The van der Waals surface area contributed by atoms with Crippen LogP contribution in [0.3, 0.4) is 0 Å². The molecule has 4 unspecified atom stereocenters. The van der Waals surface area contributed by atoms with Crippen molar-refractivity contribution >= 4 is 29.8 Å². The van der Waals surface area contributed by atoms with Gasteiger partial charge in [-0.3, -0.25) is 4.57 Å². The number of ether oxygens (including phenoxy) is 2. The predicted octanol–water partition coefficient (Wildman–Crippen LogP) is 3.08. The second-order valence-corrected chi connectivity index (χ2v) is 13.6. The normalized spacial score (nSPS) is 32.6. The van der Waals surface area contributed by atoms with E-state index in [-0.39, 0.29) is 13.0 Å². The number of aliphatic hydroxyl groups excluding tert-OH is 1. The summed E-state index contributed by atoms with van der Waals surface area (Å²) in [6, 6.07) is 0. The first-order valence-corrected chi connectivity index (χ1v) is 12.3. The third-order valence-corrected chi connectivity index (χ3v) is 13.8. The molecule has 0 aromatic heterocycles. The summed E-state index contributed by atoms with van der Waals surface area (Å²) in [5.41, 5.74) is 0. The molecule has 9 heteroatoms. The molecular formula is C11H23BrO6P2. The Bertz CT molecular complexity index is 391. The zero-order valence-electron chi connectivity index (χ0n) is 11.9. The largest absolute Gasteiger partial charge is 0.370 e. The number of hydrogen-bond donors (Lipinski definition) is 1. The first kappa shape index (κ1) is 18.8. The minimum absolute atomic E-state index is 0.0562. The summed E-state index contributed by atoms with van der Waals surface area (Å²) in [6.07, 6.45) is -0.338. The summed E-state index contributed by atoms with van der Waals surface area (Å²) in [4.78, 5) is 0. The molecular weight excluding hydrogens is 370 g/mol. The lowest BCUT2D eigenvalue weighted by molar-refractivity contribution is -0.113. The van der Waals surface area contributed by atoms with E-state index >= 15 is 0 Å². The average Bonchev–Trinajstić information content (AvgIpc) is 2.42. The molecule has 1 fully saturated rings. The average molecular weight is 393 g/mol. The topological polar surface area (TPSA) is 82.1 Å². The summed E-state index contributed by atoms with van der Waals surface area (Å²) >= 11 is 3.19. The fraction of sp³-hybridized carbons (Fsp3) is 1.00. The lowest BCUT2D eigenvalue weighted by Crippen LogP contribution is -2.29. The van der Waals surface area contributed by atoms with E-state index in [2.05, 4.69) is 15.9 Å². The van der Waals surface area contributed by atoms with Gasteiger partial charge in [-0.25, -0.2) is 0 Å². The van der Waals surface area contributed by atoms with Gasteiger partial charge in [0.05, 0.1) is 6.61 Å². The van der Waals surface area contributed by atoms with Gasteiger partial charge in [-0.2, -0.15) is 0 Å². The summed E-state index contributed by atoms with van der Waals surface area (Å²) in [5, 5.41) is 10.3. The third kappa shape index (κ3) is 4.16. The smallest absolute Gasteiger partial charge is 0.261 e. The van der Waals surface area contributed by atoms with Gasteiger partial charge in [-0.15, -0.1) is 0 Å². The van der Waals surface area contributed by atoms with Crippen molar-refractivity contribution in [2.24, 2.45) is 0 Å². The van der Waals surface area contributed by atoms with E-state index < -0.39 is 26.0 Å². The van der Waals surface area contributed by atoms with Gasteiger partial charge in [0, 0.05) is 37.3 Å². The van der Waals surface area contributed by atoms with E-state index in [1.165, 1.54) is 0 Å². The monoisotopic (exact) mass is 392 g/mol. The number of hydrogen-bond acceptors (Lipinski definition) is 6. The Labute approximate surface area is 128 Å². The Morgan fingerprint density at radius 3 is 2.30 bits per heavy atom. The van der Waals surface area contributed by atoms with Crippen molar-refractivity contribution in [3.05, 3.63) is 0 Å². The number of rotatable bonds is 10. The quantitative estimate of drug-likeness (QED) is 0.349. The van der Waals surface area contributed by atoms with Crippen molar-refractivity contribution in [1.82, 2.24) is 0 Å². The maximum absolute atomic E-state index is 13.0. The minimum Gasteiger partial charge on any atom is -0.370 e. The van der Waals surface area contributed by atoms with E-state index in [9.17, 15) is 14.2 Å². The van der Waals surface area contributed by atoms with E-state index in [1.807, 2.05) is 0 Å². The highest BCUT2D eigenvalue weighted by Gasteiger charge is 2.59. The van der Waals surface area contributed by atoms with Crippen LogP contribution in [0.1, 0.15) is 20.3 Å². The van der Waals surface area contributed by atoms with Crippen molar-refractivity contribution in [1.29, 1.82) is 0 Å². The fourth-order valence-corrected chi connectivity index (χ4v) is 11.0. The fourth-order valence-electron chi connectivity index (χ4n) is 2.11. The van der Waals surface area contributed by atoms with Crippen LogP contribution in [0.5, 0.6) is 0 Å². The summed E-state index contributed by atoms with van der Waals surface area (Å²) in [5.74, 6) is -0.760. The molecule has 0 bridgehead atoms. The zero-order valence-corrected chi connectivity index (χ0v) is 15.2. The standard InChI is InChI=1S/C11H23BrO6P2/c1-3-16-10(13)9-11(17-4-2)19(14)7-8-20(19,15)18-6-5-12/h10-11,13H,3-9H2,1-2H3. The molecule has 1 N–H and O–H groups in total. The predicted molar refractivity (Wildman–Crippen MR) is 82.4 cm³/mol. The van der Waals surface area contributed by atoms with Gasteiger partial charge < -0.3 is 23.7 Å². The second-order valence-electron chi connectivity index (χ2n) is 4.42. The van der Waals surface area contributed by atoms with Crippen molar-refractivity contribution in [2.75, 3.05) is 37.5 Å². The first-order valence-electron chi connectivity index (χ1n) is 6.73. The van der Waals surface area contributed by atoms with Crippen molar-refractivity contribution < 1.29 is 28.2 Å². The molecule has 0 radical (unpaired) electrons. The summed E-state index contributed by atoms with van der Waals surface area (Å²) in [6.45, 7) is 1.38. The lowest BCUT2D eigenvalue weighted by atomic mass is 10.4. The Morgan fingerprint density at radius 2 is 1.85 bits per heavy atom. The third-order valence-electron chi connectivity index (χ3n) is 3.16. The summed E-state index contributed by atoms with van der Waals surface area (Å²) in [7, 11) is -3.16. The zero-order chi connectivity index (χ0) is 15.2. The highest BCUT2D eigenvalue weighted by atomic mass is 79.9. The minimum atomic E-state index is -3.16. The van der Waals surface area contributed by atoms with Crippen LogP contribution in [-0.2, 0) is 23.1 Å². The van der Waals surface area contributed by atoms with Gasteiger partial charge in [0.1, 0.15) is 5.85 Å². The van der Waals surface area contributed by atoms with Crippen LogP contribution in [0.15, 0.2) is 0 Å². The van der Waals surface area contributed by atoms with Crippen LogP contribution >= 0.6 is 29.8 Å². The molecule has 1 saturated heterocycles. The van der Waals surface area contributed by atoms with Gasteiger partial charge in [0.15, 0.2) is 13.1 Å². The van der Waals surface area contributed by atoms with Crippen molar-refractivity contribution in [3.8, 4) is 0 Å². The molecule has 1 rings (SSSR count). The molecule has 0 spiro atoms. The molecule has 0 aromatic rings. The van der Waals surface area contributed by atoms with Gasteiger partial charge in [0.2, 0.25) is 0 Å². The SMILES string of the molecule is CCOC(O)CC(OCC)P1(=O)CCP1(=O)OCCBr. The van der Waals surface area contributed by atoms with Crippen molar-refractivity contribution in [3.63, 3.8) is 0 Å². The molecule has 0 amide bonds. The maximum atomic E-state index is 13.0. The molecule has 20 heavy (non-hydrogen) atoms. The molecule has 1 heterocycles. The Morgan fingerprint density at radius 1 is 1.20 bits per heavy atom.